The first kappa shape index (κ1) is 27.6. The molecule has 1 aliphatic rings. The van der Waals surface area contributed by atoms with Crippen LogP contribution in [0.25, 0.3) is 10.9 Å². The van der Waals surface area contributed by atoms with E-state index in [2.05, 4.69) is 24.0 Å². The predicted molar refractivity (Wildman–Crippen MR) is 152 cm³/mol. The van der Waals surface area contributed by atoms with Crippen molar-refractivity contribution in [3.8, 4) is 0 Å². The van der Waals surface area contributed by atoms with E-state index in [1.54, 1.807) is 0 Å². The molecule has 1 atom stereocenters. The van der Waals surface area contributed by atoms with Crippen LogP contribution in [-0.2, 0) is 12.8 Å². The van der Waals surface area contributed by atoms with Crippen LogP contribution in [0.4, 0.5) is 0 Å². The number of hydrogen-bond donors (Lipinski definition) is 1. The van der Waals surface area contributed by atoms with Gasteiger partial charge in [-0.15, -0.1) is 0 Å². The molecule has 3 rings (SSSR count). The summed E-state index contributed by atoms with van der Waals surface area (Å²) in [5.41, 5.74) is 4.28. The second kappa shape index (κ2) is 16.7. The van der Waals surface area contributed by atoms with Crippen molar-refractivity contribution >= 4 is 22.5 Å². The smallest absolute Gasteiger partial charge is 0.0460 e. The van der Waals surface area contributed by atoms with Gasteiger partial charge < -0.3 is 4.98 Å². The second-order valence-electron chi connectivity index (χ2n) is 11.2. The fraction of sp³-hybridized carbons (Fsp3) is 0.750. The minimum absolute atomic E-state index is 0.857. The van der Waals surface area contributed by atoms with Gasteiger partial charge in [-0.25, -0.2) is 0 Å². The minimum Gasteiger partial charge on any atom is -0.358 e. The molecular formula is C32H52ClN. The van der Waals surface area contributed by atoms with Crippen LogP contribution >= 0.6 is 11.6 Å². The number of fused-ring (bicyclic) bond motifs is 3. The maximum atomic E-state index is 6.22. The van der Waals surface area contributed by atoms with Gasteiger partial charge in [0.25, 0.3) is 0 Å². The Morgan fingerprint density at radius 1 is 0.735 bits per heavy atom. The fourth-order valence-electron chi connectivity index (χ4n) is 6.06. The van der Waals surface area contributed by atoms with E-state index < -0.39 is 0 Å². The molecule has 1 N–H and O–H groups in total. The highest BCUT2D eigenvalue weighted by Gasteiger charge is 2.22. The third-order valence-electron chi connectivity index (χ3n) is 8.22. The van der Waals surface area contributed by atoms with Crippen molar-refractivity contribution in [2.24, 2.45) is 5.92 Å². The van der Waals surface area contributed by atoms with Crippen molar-refractivity contribution < 1.29 is 0 Å². The van der Waals surface area contributed by atoms with Gasteiger partial charge in [0.2, 0.25) is 0 Å². The third-order valence-corrected chi connectivity index (χ3v) is 8.45. The topological polar surface area (TPSA) is 15.8 Å². The van der Waals surface area contributed by atoms with Crippen molar-refractivity contribution in [2.45, 2.75) is 148 Å². The van der Waals surface area contributed by atoms with Gasteiger partial charge >= 0.3 is 0 Å². The SMILES string of the molecule is CCCCCCCCCCCCCCCCCCCCC1CCc2c([nH]c3ccc(Cl)cc23)C1. The summed E-state index contributed by atoms with van der Waals surface area (Å²) in [7, 11) is 0. The Morgan fingerprint density at radius 3 is 1.82 bits per heavy atom. The van der Waals surface area contributed by atoms with Crippen molar-refractivity contribution in [1.29, 1.82) is 0 Å². The molecule has 1 heterocycles. The third kappa shape index (κ3) is 9.96. The Morgan fingerprint density at radius 2 is 1.26 bits per heavy atom. The van der Waals surface area contributed by atoms with Crippen LogP contribution in [0.1, 0.15) is 147 Å². The van der Waals surface area contributed by atoms with Gasteiger partial charge in [0.15, 0.2) is 0 Å². The van der Waals surface area contributed by atoms with E-state index in [0.717, 1.165) is 10.9 Å². The Balaban J connectivity index is 1.10. The second-order valence-corrected chi connectivity index (χ2v) is 11.6. The Kier molecular flexibility index (Phi) is 13.6. The van der Waals surface area contributed by atoms with Crippen LogP contribution in [-0.4, -0.2) is 4.98 Å². The number of rotatable bonds is 19. The lowest BCUT2D eigenvalue weighted by atomic mass is 9.84. The van der Waals surface area contributed by atoms with E-state index in [-0.39, 0.29) is 0 Å². The summed E-state index contributed by atoms with van der Waals surface area (Å²) < 4.78 is 0. The summed E-state index contributed by atoms with van der Waals surface area (Å²) in [5.74, 6) is 0.872. The zero-order valence-corrected chi connectivity index (χ0v) is 23.0. The number of H-pyrrole nitrogens is 1. The molecule has 1 unspecified atom stereocenters. The molecule has 192 valence electrons. The molecule has 0 radical (unpaired) electrons. The van der Waals surface area contributed by atoms with Gasteiger partial charge in [0, 0.05) is 21.6 Å². The van der Waals surface area contributed by atoms with Crippen LogP contribution < -0.4 is 0 Å². The van der Waals surface area contributed by atoms with Crippen LogP contribution in [0, 0.1) is 5.92 Å². The molecule has 2 heteroatoms. The van der Waals surface area contributed by atoms with Crippen molar-refractivity contribution in [3.63, 3.8) is 0 Å². The van der Waals surface area contributed by atoms with Gasteiger partial charge in [-0.05, 0) is 48.9 Å². The van der Waals surface area contributed by atoms with Gasteiger partial charge in [0.1, 0.15) is 0 Å². The molecule has 0 fully saturated rings. The first-order valence-electron chi connectivity index (χ1n) is 15.1. The van der Waals surface area contributed by atoms with E-state index in [0.29, 0.717) is 0 Å². The lowest BCUT2D eigenvalue weighted by molar-refractivity contribution is 0.401. The first-order valence-corrected chi connectivity index (χ1v) is 15.4. The van der Waals surface area contributed by atoms with Crippen LogP contribution in [0.5, 0.6) is 0 Å². The molecule has 0 amide bonds. The molecule has 0 spiro atoms. The van der Waals surface area contributed by atoms with Gasteiger partial charge in [0.05, 0.1) is 0 Å². The van der Waals surface area contributed by atoms with E-state index in [1.807, 2.05) is 6.07 Å². The summed E-state index contributed by atoms with van der Waals surface area (Å²) in [4.78, 5) is 3.67. The maximum absolute atomic E-state index is 6.22. The number of unbranched alkanes of at least 4 members (excludes halogenated alkanes) is 17. The largest absolute Gasteiger partial charge is 0.358 e. The molecule has 0 saturated carbocycles. The zero-order chi connectivity index (χ0) is 23.8. The number of aromatic amines is 1. The normalized spacial score (nSPS) is 15.8. The number of halogens is 1. The quantitative estimate of drug-likeness (QED) is 0.190. The summed E-state index contributed by atoms with van der Waals surface area (Å²) in [6.45, 7) is 2.30. The van der Waals surface area contributed by atoms with Crippen molar-refractivity contribution in [1.82, 2.24) is 4.98 Å². The predicted octanol–water partition coefficient (Wildman–Crippen LogP) is 11.4. The molecule has 0 saturated heterocycles. The Bertz CT molecular complexity index is 792. The molecular weight excluding hydrogens is 434 g/mol. The summed E-state index contributed by atoms with van der Waals surface area (Å²) in [6, 6.07) is 6.29. The summed E-state index contributed by atoms with van der Waals surface area (Å²) >= 11 is 6.22. The molecule has 1 nitrogen and oxygen atoms in total. The first-order chi connectivity index (χ1) is 16.8. The van der Waals surface area contributed by atoms with Gasteiger partial charge in [-0.1, -0.05) is 141 Å². The lowest BCUT2D eigenvalue weighted by Crippen LogP contribution is -2.13. The minimum atomic E-state index is 0.857. The van der Waals surface area contributed by atoms with Crippen LogP contribution in [0.3, 0.4) is 0 Å². The van der Waals surface area contributed by atoms with E-state index in [9.17, 15) is 0 Å². The molecule has 0 bridgehead atoms. The van der Waals surface area contributed by atoms with Gasteiger partial charge in [-0.3, -0.25) is 0 Å². The lowest BCUT2D eigenvalue weighted by Gasteiger charge is -2.22. The highest BCUT2D eigenvalue weighted by atomic mass is 35.5. The fourth-order valence-corrected chi connectivity index (χ4v) is 6.23. The van der Waals surface area contributed by atoms with Crippen LogP contribution in [0.15, 0.2) is 18.2 Å². The van der Waals surface area contributed by atoms with Crippen molar-refractivity contribution in [2.75, 3.05) is 0 Å². The average Bonchev–Trinajstić information content (AvgIpc) is 3.20. The average molecular weight is 486 g/mol. The number of benzene rings is 1. The van der Waals surface area contributed by atoms with Gasteiger partial charge in [-0.2, -0.15) is 0 Å². The monoisotopic (exact) mass is 485 g/mol. The molecule has 1 aliphatic carbocycles. The maximum Gasteiger partial charge on any atom is 0.0460 e. The van der Waals surface area contributed by atoms with E-state index in [4.69, 9.17) is 11.6 Å². The highest BCUT2D eigenvalue weighted by molar-refractivity contribution is 6.31. The van der Waals surface area contributed by atoms with Crippen LogP contribution in [0.2, 0.25) is 5.02 Å². The molecule has 34 heavy (non-hydrogen) atoms. The Labute approximate surface area is 215 Å². The highest BCUT2D eigenvalue weighted by Crippen LogP contribution is 2.34. The molecule has 0 aliphatic heterocycles. The molecule has 2 aromatic rings. The number of aryl methyl sites for hydroxylation is 1. The van der Waals surface area contributed by atoms with E-state index >= 15 is 0 Å². The zero-order valence-electron chi connectivity index (χ0n) is 22.2. The Hall–Kier alpha value is -0.950. The van der Waals surface area contributed by atoms with E-state index in [1.165, 1.54) is 163 Å². The number of hydrogen-bond acceptors (Lipinski definition) is 0. The van der Waals surface area contributed by atoms with Crippen molar-refractivity contribution in [3.05, 3.63) is 34.5 Å². The molecule has 1 aromatic heterocycles. The standard InChI is InChI=1S/C32H52ClN/c1-2-3-4-5-6-7-8-9-10-11-12-13-14-15-16-17-18-19-20-27-21-23-29-30-26-28(33)22-24-31(30)34-32(29)25-27/h22,24,26-27,34H,2-21,23,25H2,1H3. The summed E-state index contributed by atoms with van der Waals surface area (Å²) in [5, 5.41) is 2.21. The number of nitrogens with one attached hydrogen (secondary N) is 1. The molecule has 1 aromatic carbocycles. The summed E-state index contributed by atoms with van der Waals surface area (Å²) in [6.07, 6.45) is 31.4. The number of aromatic nitrogens is 1.